The number of hydrogen-bond acceptors (Lipinski definition) is 3. The topological polar surface area (TPSA) is 69.8 Å². The molecule has 1 unspecified atom stereocenters. The number of aryl methyl sites for hydroxylation is 1. The Bertz CT molecular complexity index is 655. The average molecular weight is 443 g/mol. The molecule has 0 fully saturated rings. The zero-order chi connectivity index (χ0) is 16.7. The third-order valence-electron chi connectivity index (χ3n) is 3.47. The number of aliphatic imine (C=N–C) groups is 1. The Hall–Kier alpha value is -1.70. The van der Waals surface area contributed by atoms with E-state index in [0.717, 1.165) is 36.0 Å². The molecular formula is C18H26IN3O2. The molecule has 0 radical (unpaired) electrons. The number of benzene rings is 1. The number of rotatable bonds is 6. The summed E-state index contributed by atoms with van der Waals surface area (Å²) in [6.45, 7) is 7.45. The third-order valence-corrected chi connectivity index (χ3v) is 3.47. The van der Waals surface area contributed by atoms with Gasteiger partial charge in [0.05, 0.1) is 6.04 Å². The maximum atomic E-state index is 9.48. The Balaban J connectivity index is 0.00000288. The highest BCUT2D eigenvalue weighted by Gasteiger charge is 2.11. The van der Waals surface area contributed by atoms with E-state index >= 15 is 0 Å². The van der Waals surface area contributed by atoms with Gasteiger partial charge in [-0.05, 0) is 57.0 Å². The number of nitrogens with zero attached hydrogens (tertiary/aromatic N) is 1. The fraction of sp³-hybridized carbons (Fsp3) is 0.389. The summed E-state index contributed by atoms with van der Waals surface area (Å²) >= 11 is 0. The highest BCUT2D eigenvalue weighted by Crippen LogP contribution is 2.15. The van der Waals surface area contributed by atoms with Gasteiger partial charge in [0.25, 0.3) is 0 Å². The van der Waals surface area contributed by atoms with Gasteiger partial charge in [-0.3, -0.25) is 4.99 Å². The molecule has 0 aliphatic carbocycles. The van der Waals surface area contributed by atoms with Gasteiger partial charge in [-0.2, -0.15) is 0 Å². The van der Waals surface area contributed by atoms with Crippen molar-refractivity contribution in [3.05, 3.63) is 53.5 Å². The fourth-order valence-corrected chi connectivity index (χ4v) is 2.29. The van der Waals surface area contributed by atoms with E-state index in [0.29, 0.717) is 12.3 Å². The smallest absolute Gasteiger partial charge is 0.191 e. The van der Waals surface area contributed by atoms with Gasteiger partial charge in [0.2, 0.25) is 0 Å². The van der Waals surface area contributed by atoms with Crippen molar-refractivity contribution in [1.82, 2.24) is 10.6 Å². The van der Waals surface area contributed by atoms with Gasteiger partial charge < -0.3 is 20.2 Å². The normalized spacial score (nSPS) is 12.4. The molecule has 132 valence electrons. The van der Waals surface area contributed by atoms with Crippen molar-refractivity contribution in [1.29, 1.82) is 0 Å². The number of phenols is 1. The maximum absolute atomic E-state index is 9.48. The van der Waals surface area contributed by atoms with Crippen LogP contribution in [0, 0.1) is 6.92 Å². The second kappa shape index (κ2) is 10.2. The Morgan fingerprint density at radius 1 is 1.29 bits per heavy atom. The molecule has 1 atom stereocenters. The van der Waals surface area contributed by atoms with Crippen LogP contribution in [0.25, 0.3) is 0 Å². The zero-order valence-corrected chi connectivity index (χ0v) is 16.7. The molecule has 3 N–H and O–H groups in total. The van der Waals surface area contributed by atoms with Crippen LogP contribution < -0.4 is 10.6 Å². The third kappa shape index (κ3) is 6.43. The molecule has 5 nitrogen and oxygen atoms in total. The summed E-state index contributed by atoms with van der Waals surface area (Å²) in [4.78, 5) is 4.58. The van der Waals surface area contributed by atoms with Gasteiger partial charge in [0, 0.05) is 13.1 Å². The van der Waals surface area contributed by atoms with Gasteiger partial charge in [0.1, 0.15) is 17.3 Å². The van der Waals surface area contributed by atoms with Gasteiger partial charge >= 0.3 is 0 Å². The van der Waals surface area contributed by atoms with E-state index in [4.69, 9.17) is 4.42 Å². The minimum Gasteiger partial charge on any atom is -0.508 e. The lowest BCUT2D eigenvalue weighted by atomic mass is 10.1. The van der Waals surface area contributed by atoms with Crippen LogP contribution in [0.1, 0.15) is 37.0 Å². The molecule has 2 aromatic rings. The quantitative estimate of drug-likeness (QED) is 0.361. The predicted octanol–water partition coefficient (Wildman–Crippen LogP) is 3.77. The number of halogens is 1. The average Bonchev–Trinajstić information content (AvgIpc) is 2.94. The first-order valence-corrected chi connectivity index (χ1v) is 7.97. The molecule has 0 saturated carbocycles. The van der Waals surface area contributed by atoms with Crippen LogP contribution in [0.15, 0.2) is 45.8 Å². The van der Waals surface area contributed by atoms with Crippen molar-refractivity contribution < 1.29 is 9.52 Å². The largest absolute Gasteiger partial charge is 0.508 e. The van der Waals surface area contributed by atoms with E-state index in [9.17, 15) is 5.11 Å². The lowest BCUT2D eigenvalue weighted by Gasteiger charge is -2.16. The zero-order valence-electron chi connectivity index (χ0n) is 14.4. The molecule has 0 bridgehead atoms. The lowest BCUT2D eigenvalue weighted by molar-refractivity contribution is 0.441. The lowest BCUT2D eigenvalue weighted by Crippen LogP contribution is -2.38. The first-order chi connectivity index (χ1) is 11.1. The van der Waals surface area contributed by atoms with E-state index in [1.54, 1.807) is 12.1 Å². The number of nitrogens with one attached hydrogen (secondary N) is 2. The van der Waals surface area contributed by atoms with Gasteiger partial charge in [-0.1, -0.05) is 12.1 Å². The van der Waals surface area contributed by atoms with E-state index < -0.39 is 0 Å². The maximum Gasteiger partial charge on any atom is 0.191 e. The van der Waals surface area contributed by atoms with E-state index in [1.165, 1.54) is 0 Å². The summed E-state index contributed by atoms with van der Waals surface area (Å²) in [5, 5.41) is 16.1. The first-order valence-electron chi connectivity index (χ1n) is 7.97. The predicted molar refractivity (Wildman–Crippen MR) is 108 cm³/mol. The van der Waals surface area contributed by atoms with Crippen molar-refractivity contribution in [2.24, 2.45) is 4.99 Å². The summed E-state index contributed by atoms with van der Waals surface area (Å²) in [6, 6.07) is 11.3. The minimum absolute atomic E-state index is 0. The van der Waals surface area contributed by atoms with Crippen LogP contribution >= 0.6 is 24.0 Å². The van der Waals surface area contributed by atoms with E-state index in [1.807, 2.05) is 45.0 Å². The van der Waals surface area contributed by atoms with Crippen LogP contribution in [-0.4, -0.2) is 24.2 Å². The van der Waals surface area contributed by atoms with Crippen molar-refractivity contribution in [2.75, 3.05) is 13.1 Å². The molecule has 2 rings (SSSR count). The summed E-state index contributed by atoms with van der Waals surface area (Å²) in [5.41, 5.74) is 1.07. The number of guanidine groups is 1. The molecule has 0 spiro atoms. The van der Waals surface area contributed by atoms with Crippen molar-refractivity contribution in [3.8, 4) is 5.75 Å². The first kappa shape index (κ1) is 20.3. The van der Waals surface area contributed by atoms with Crippen molar-refractivity contribution >= 4 is 29.9 Å². The SMILES string of the molecule is CCNC(=NCCc1cccc(O)c1)NC(C)c1ccc(C)o1.I. The van der Waals surface area contributed by atoms with Crippen LogP contribution in [0.4, 0.5) is 0 Å². The Morgan fingerprint density at radius 2 is 2.08 bits per heavy atom. The molecule has 6 heteroatoms. The second-order valence-electron chi connectivity index (χ2n) is 5.49. The number of hydrogen-bond donors (Lipinski definition) is 3. The van der Waals surface area contributed by atoms with Crippen LogP contribution in [0.2, 0.25) is 0 Å². The van der Waals surface area contributed by atoms with Crippen LogP contribution in [0.5, 0.6) is 5.75 Å². The molecule has 0 saturated heterocycles. The number of aromatic hydroxyl groups is 1. The summed E-state index contributed by atoms with van der Waals surface area (Å²) in [6.07, 6.45) is 0.777. The summed E-state index contributed by atoms with van der Waals surface area (Å²) in [5.74, 6) is 2.84. The van der Waals surface area contributed by atoms with Crippen molar-refractivity contribution in [3.63, 3.8) is 0 Å². The molecule has 1 aromatic heterocycles. The molecule has 0 amide bonds. The number of furan rings is 1. The van der Waals surface area contributed by atoms with E-state index in [2.05, 4.69) is 15.6 Å². The van der Waals surface area contributed by atoms with Crippen LogP contribution in [-0.2, 0) is 6.42 Å². The fourth-order valence-electron chi connectivity index (χ4n) is 2.29. The number of phenolic OH excluding ortho intramolecular Hbond substituents is 1. The monoisotopic (exact) mass is 443 g/mol. The molecule has 24 heavy (non-hydrogen) atoms. The highest BCUT2D eigenvalue weighted by atomic mass is 127. The molecule has 0 aliphatic rings. The summed E-state index contributed by atoms with van der Waals surface area (Å²) < 4.78 is 5.64. The van der Waals surface area contributed by atoms with Gasteiger partial charge in [-0.25, -0.2) is 0 Å². The summed E-state index contributed by atoms with van der Waals surface area (Å²) in [7, 11) is 0. The van der Waals surface area contributed by atoms with Crippen molar-refractivity contribution in [2.45, 2.75) is 33.2 Å². The Morgan fingerprint density at radius 3 is 2.71 bits per heavy atom. The minimum atomic E-state index is 0. The molecular weight excluding hydrogens is 417 g/mol. The Kier molecular flexibility index (Phi) is 8.67. The molecule has 1 heterocycles. The van der Waals surface area contributed by atoms with Crippen LogP contribution in [0.3, 0.4) is 0 Å². The van der Waals surface area contributed by atoms with E-state index in [-0.39, 0.29) is 30.0 Å². The molecule has 0 aliphatic heterocycles. The van der Waals surface area contributed by atoms with Gasteiger partial charge in [0.15, 0.2) is 5.96 Å². The standard InChI is InChI=1S/C18H25N3O2.HI/c1-4-19-18(21-14(3)17-9-8-13(2)23-17)20-11-10-15-6-5-7-16(22)12-15;/h5-9,12,14,22H,4,10-11H2,1-3H3,(H2,19,20,21);1H. The Labute approximate surface area is 160 Å². The highest BCUT2D eigenvalue weighted by molar-refractivity contribution is 14.0. The second-order valence-corrected chi connectivity index (χ2v) is 5.49. The molecule has 1 aromatic carbocycles. The van der Waals surface area contributed by atoms with Gasteiger partial charge in [-0.15, -0.1) is 24.0 Å².